The molecule has 0 spiro atoms. The van der Waals surface area contributed by atoms with Gasteiger partial charge in [-0.2, -0.15) is 4.98 Å². The number of rotatable bonds is 12. The monoisotopic (exact) mass is 602 g/mol. The first-order valence-corrected chi connectivity index (χ1v) is 13.7. The molecule has 43 heavy (non-hydrogen) atoms. The van der Waals surface area contributed by atoms with Crippen LogP contribution < -0.4 is 32.9 Å². The molecule has 0 radical (unpaired) electrons. The van der Waals surface area contributed by atoms with E-state index in [1.54, 1.807) is 24.3 Å². The number of nitrogens with zero attached hydrogens (tertiary/aromatic N) is 2. The predicted octanol–water partition coefficient (Wildman–Crippen LogP) is 4.35. The molecule has 0 unspecified atom stereocenters. The first kappa shape index (κ1) is 31.5. The third-order valence-corrected chi connectivity index (χ3v) is 6.85. The minimum atomic E-state index is -5.08. The molecule has 0 aliphatic carbocycles. The number of H-pyrrole nitrogens is 1. The van der Waals surface area contributed by atoms with Crippen molar-refractivity contribution in [3.05, 3.63) is 76.1 Å². The second-order valence-corrected chi connectivity index (χ2v) is 10.4. The van der Waals surface area contributed by atoms with E-state index >= 15 is 4.39 Å². The van der Waals surface area contributed by atoms with Gasteiger partial charge in [-0.15, -0.1) is 13.2 Å². The largest absolute Gasteiger partial charge is 0.573 e. The molecule has 0 saturated carbocycles. The molecule has 0 aliphatic heterocycles. The van der Waals surface area contributed by atoms with Crippen molar-refractivity contribution in [2.45, 2.75) is 57.5 Å². The molecular formula is C29H34F4N8O2. The Balaban J connectivity index is 1.62. The lowest BCUT2D eigenvalue weighted by molar-refractivity contribution is -0.275. The quantitative estimate of drug-likeness (QED) is 0.0605. The van der Waals surface area contributed by atoms with Crippen LogP contribution in [0.2, 0.25) is 0 Å². The number of aryl methyl sites for hydroxylation is 1. The van der Waals surface area contributed by atoms with Crippen LogP contribution in [0.3, 0.4) is 0 Å². The van der Waals surface area contributed by atoms with Crippen LogP contribution in [-0.2, 0) is 6.42 Å². The first-order valence-electron chi connectivity index (χ1n) is 13.7. The Kier molecular flexibility index (Phi) is 9.71. The van der Waals surface area contributed by atoms with Gasteiger partial charge in [0.2, 0.25) is 0 Å². The molecule has 10 nitrogen and oxygen atoms in total. The maximum atomic E-state index is 15.3. The lowest BCUT2D eigenvalue weighted by Gasteiger charge is -2.14. The van der Waals surface area contributed by atoms with Gasteiger partial charge in [-0.25, -0.2) is 9.18 Å². The topological polar surface area (TPSA) is 174 Å². The number of halogens is 4. The number of benzene rings is 2. The summed E-state index contributed by atoms with van der Waals surface area (Å²) in [6.45, 7) is 2.35. The highest BCUT2D eigenvalue weighted by Crippen LogP contribution is 2.35. The lowest BCUT2D eigenvalue weighted by atomic mass is 10.0. The highest BCUT2D eigenvalue weighted by molar-refractivity contribution is 5.83. The maximum Gasteiger partial charge on any atom is 0.573 e. The van der Waals surface area contributed by atoms with Gasteiger partial charge in [-0.05, 0) is 80.5 Å². The summed E-state index contributed by atoms with van der Waals surface area (Å²) in [6.07, 6.45) is -0.623. The minimum absolute atomic E-state index is 0.0901. The van der Waals surface area contributed by atoms with Crippen LogP contribution in [0.1, 0.15) is 49.8 Å². The van der Waals surface area contributed by atoms with Crippen molar-refractivity contribution in [2.75, 3.05) is 6.54 Å². The Morgan fingerprint density at radius 2 is 1.86 bits per heavy atom. The van der Waals surface area contributed by atoms with Crippen LogP contribution >= 0.6 is 0 Å². The molecule has 2 atom stereocenters. The molecular weight excluding hydrogens is 568 g/mol. The van der Waals surface area contributed by atoms with Gasteiger partial charge in [0, 0.05) is 35.8 Å². The van der Waals surface area contributed by atoms with Crippen molar-refractivity contribution in [1.82, 2.24) is 19.9 Å². The number of alkyl halides is 3. The fourth-order valence-electron chi connectivity index (χ4n) is 4.74. The molecule has 0 amide bonds. The fraction of sp³-hybridized carbons (Fsp3) is 0.345. The SMILES string of the molecule is C[C@H](N)CCCc1cc(OC(F)(F)F)c(F)c(-c2cc3cn(-c4ccc([C@@H](N)CCCNC(=N)N)cc4)c(=O)nc3[nH]2)c1. The normalized spacial score (nSPS) is 13.2. The van der Waals surface area contributed by atoms with Gasteiger partial charge in [-0.3, -0.25) is 9.98 Å². The highest BCUT2D eigenvalue weighted by atomic mass is 19.4. The highest BCUT2D eigenvalue weighted by Gasteiger charge is 2.33. The van der Waals surface area contributed by atoms with Crippen LogP contribution in [0.15, 0.2) is 53.5 Å². The van der Waals surface area contributed by atoms with E-state index in [9.17, 15) is 18.0 Å². The third kappa shape index (κ3) is 8.32. The Morgan fingerprint density at radius 3 is 2.51 bits per heavy atom. The lowest BCUT2D eigenvalue weighted by Crippen LogP contribution is -2.31. The first-order chi connectivity index (χ1) is 20.3. The minimum Gasteiger partial charge on any atom is -0.403 e. The summed E-state index contributed by atoms with van der Waals surface area (Å²) in [5.41, 5.74) is 18.7. The van der Waals surface area contributed by atoms with Crippen molar-refractivity contribution < 1.29 is 22.3 Å². The van der Waals surface area contributed by atoms with Crippen LogP contribution in [0, 0.1) is 11.2 Å². The number of nitrogens with two attached hydrogens (primary N) is 3. The van der Waals surface area contributed by atoms with Gasteiger partial charge < -0.3 is 32.2 Å². The number of hydrogen-bond donors (Lipinski definition) is 6. The Labute approximate surface area is 244 Å². The van der Waals surface area contributed by atoms with Crippen LogP contribution in [0.25, 0.3) is 28.0 Å². The summed E-state index contributed by atoms with van der Waals surface area (Å²) in [5, 5.41) is 10.4. The second-order valence-electron chi connectivity index (χ2n) is 10.4. The van der Waals surface area contributed by atoms with E-state index in [4.69, 9.17) is 22.6 Å². The van der Waals surface area contributed by atoms with Crippen molar-refractivity contribution >= 4 is 17.0 Å². The summed E-state index contributed by atoms with van der Waals surface area (Å²) >= 11 is 0. The number of guanidine groups is 1. The van der Waals surface area contributed by atoms with Crippen molar-refractivity contribution in [3.63, 3.8) is 0 Å². The molecule has 14 heteroatoms. The van der Waals surface area contributed by atoms with E-state index in [1.807, 2.05) is 6.92 Å². The molecule has 0 bridgehead atoms. The fourth-order valence-corrected chi connectivity index (χ4v) is 4.74. The van der Waals surface area contributed by atoms with Crippen LogP contribution in [0.5, 0.6) is 5.75 Å². The zero-order chi connectivity index (χ0) is 31.3. The summed E-state index contributed by atoms with van der Waals surface area (Å²) in [6, 6.07) is 10.7. The zero-order valence-electron chi connectivity index (χ0n) is 23.5. The van der Waals surface area contributed by atoms with E-state index in [0.29, 0.717) is 55.3 Å². The Hall–Kier alpha value is -4.43. The van der Waals surface area contributed by atoms with Crippen LogP contribution in [-0.4, -0.2) is 39.4 Å². The summed E-state index contributed by atoms with van der Waals surface area (Å²) in [5.74, 6) is -2.24. The average Bonchev–Trinajstić information content (AvgIpc) is 3.33. The van der Waals surface area contributed by atoms with Crippen molar-refractivity contribution in [1.29, 1.82) is 5.41 Å². The third-order valence-electron chi connectivity index (χ3n) is 6.85. The van der Waals surface area contributed by atoms with Gasteiger partial charge in [0.1, 0.15) is 5.65 Å². The second kappa shape index (κ2) is 13.3. The molecule has 4 aromatic rings. The average molecular weight is 603 g/mol. The summed E-state index contributed by atoms with van der Waals surface area (Å²) in [7, 11) is 0. The molecule has 230 valence electrons. The van der Waals surface area contributed by atoms with Crippen LogP contribution in [0.4, 0.5) is 17.6 Å². The standard InChI is InChI=1S/C29H34F4N8O2/c1-16(34)4-2-5-17-12-21(25(30)24(13-17)43-29(31,32)33)23-14-19-15-41(28(42)40-26(19)39-23)20-9-7-18(8-10-20)22(35)6-3-11-38-27(36)37/h7-10,12-16,22H,2-6,11,34-35H2,1H3,(H4,36,37,38)(H,39,40,42)/t16-,22-/m0/s1. The molecule has 4 rings (SSSR count). The molecule has 9 N–H and O–H groups in total. The smallest absolute Gasteiger partial charge is 0.403 e. The molecule has 0 aliphatic rings. The van der Waals surface area contributed by atoms with Gasteiger partial charge in [0.25, 0.3) is 0 Å². The van der Waals surface area contributed by atoms with Gasteiger partial charge in [0.15, 0.2) is 17.5 Å². The van der Waals surface area contributed by atoms with Gasteiger partial charge in [-0.1, -0.05) is 12.1 Å². The van der Waals surface area contributed by atoms with E-state index in [2.05, 4.69) is 20.0 Å². The summed E-state index contributed by atoms with van der Waals surface area (Å²) in [4.78, 5) is 19.8. The number of hydrogen-bond acceptors (Lipinski definition) is 6. The molecule has 0 saturated heterocycles. The molecule has 0 fully saturated rings. The molecule has 2 aromatic carbocycles. The number of aromatic nitrogens is 3. The van der Waals surface area contributed by atoms with E-state index in [0.717, 1.165) is 11.6 Å². The number of ether oxygens (including phenoxy) is 1. The van der Waals surface area contributed by atoms with Crippen molar-refractivity contribution in [3.8, 4) is 22.7 Å². The number of aromatic amines is 1. The predicted molar refractivity (Wildman–Crippen MR) is 156 cm³/mol. The van der Waals surface area contributed by atoms with E-state index < -0.39 is 23.6 Å². The molecule has 2 aromatic heterocycles. The number of fused-ring (bicyclic) bond motifs is 1. The summed E-state index contributed by atoms with van der Waals surface area (Å²) < 4.78 is 59.8. The Bertz CT molecular complexity index is 1630. The van der Waals surface area contributed by atoms with E-state index in [1.165, 1.54) is 22.9 Å². The maximum absolute atomic E-state index is 15.3. The van der Waals surface area contributed by atoms with E-state index in [-0.39, 0.29) is 34.9 Å². The molecule has 2 heterocycles. The van der Waals surface area contributed by atoms with Gasteiger partial charge in [0.05, 0.1) is 11.4 Å². The Morgan fingerprint density at radius 1 is 1.14 bits per heavy atom. The zero-order valence-corrected chi connectivity index (χ0v) is 23.5. The van der Waals surface area contributed by atoms with Crippen molar-refractivity contribution in [2.24, 2.45) is 17.2 Å². The van der Waals surface area contributed by atoms with Gasteiger partial charge >= 0.3 is 12.1 Å². The number of nitrogens with one attached hydrogen (secondary N) is 3.